The standard InChI is InChI=1S/C20H25N9/c1-12-8-14-17(23-12)18(22-11-21-14)27(5)13-9-28(10-13)16-7-6-15-24-25-19(20(2,3)4)29(15)26-16/h6-8,11,13,23H,9-10H2,1-5H3. The van der Waals surface area contributed by atoms with Gasteiger partial charge in [0.1, 0.15) is 17.7 Å². The molecule has 0 aliphatic carbocycles. The molecule has 1 aliphatic rings. The van der Waals surface area contributed by atoms with Crippen molar-refractivity contribution >= 4 is 28.3 Å². The lowest BCUT2D eigenvalue weighted by Crippen LogP contribution is -2.59. The Balaban J connectivity index is 1.37. The van der Waals surface area contributed by atoms with E-state index in [0.29, 0.717) is 6.04 Å². The van der Waals surface area contributed by atoms with Crippen molar-refractivity contribution in [3.63, 3.8) is 0 Å². The van der Waals surface area contributed by atoms with Gasteiger partial charge in [0, 0.05) is 31.2 Å². The van der Waals surface area contributed by atoms with Gasteiger partial charge in [-0.15, -0.1) is 15.3 Å². The highest BCUT2D eigenvalue weighted by Crippen LogP contribution is 2.29. The molecule has 9 nitrogen and oxygen atoms in total. The van der Waals surface area contributed by atoms with Gasteiger partial charge in [0.2, 0.25) is 0 Å². The normalized spacial score (nSPS) is 15.3. The third-order valence-electron chi connectivity index (χ3n) is 5.52. The van der Waals surface area contributed by atoms with Crippen LogP contribution >= 0.6 is 0 Å². The maximum absolute atomic E-state index is 4.81. The number of anilines is 2. The molecule has 0 atom stereocenters. The molecule has 1 saturated heterocycles. The average Bonchev–Trinajstić information content (AvgIpc) is 3.21. The van der Waals surface area contributed by atoms with E-state index in [4.69, 9.17) is 5.10 Å². The van der Waals surface area contributed by atoms with Gasteiger partial charge < -0.3 is 14.8 Å². The molecule has 0 spiro atoms. The minimum atomic E-state index is -0.116. The number of rotatable bonds is 3. The van der Waals surface area contributed by atoms with Crippen molar-refractivity contribution < 1.29 is 0 Å². The SMILES string of the molecule is Cc1cc2ncnc(N(C)C3CN(c4ccc5nnc(C(C)(C)C)n5n4)C3)c2[nH]1. The van der Waals surface area contributed by atoms with E-state index in [-0.39, 0.29) is 5.41 Å². The molecule has 150 valence electrons. The van der Waals surface area contributed by atoms with Crippen LogP contribution in [-0.2, 0) is 5.41 Å². The number of nitrogens with one attached hydrogen (secondary N) is 1. The molecular weight excluding hydrogens is 366 g/mol. The second-order valence-electron chi connectivity index (χ2n) is 8.81. The first-order chi connectivity index (χ1) is 13.8. The predicted molar refractivity (Wildman–Crippen MR) is 113 cm³/mol. The lowest BCUT2D eigenvalue weighted by Gasteiger charge is -2.45. The molecule has 0 aromatic carbocycles. The molecule has 0 unspecified atom stereocenters. The summed E-state index contributed by atoms with van der Waals surface area (Å²) in [6.45, 7) is 10.2. The Labute approximate surface area is 168 Å². The van der Waals surface area contributed by atoms with Gasteiger partial charge >= 0.3 is 0 Å². The van der Waals surface area contributed by atoms with Crippen LogP contribution in [0.4, 0.5) is 11.6 Å². The van der Waals surface area contributed by atoms with Gasteiger partial charge in [-0.25, -0.2) is 9.97 Å². The van der Waals surface area contributed by atoms with E-state index in [1.54, 1.807) is 6.33 Å². The van der Waals surface area contributed by atoms with E-state index in [2.05, 4.69) is 62.8 Å². The molecule has 5 heterocycles. The highest BCUT2D eigenvalue weighted by molar-refractivity contribution is 5.86. The number of nitrogens with zero attached hydrogens (tertiary/aromatic N) is 8. The topological polar surface area (TPSA) is 91.1 Å². The molecule has 0 amide bonds. The van der Waals surface area contributed by atoms with Crippen LogP contribution < -0.4 is 9.80 Å². The monoisotopic (exact) mass is 391 g/mol. The number of aromatic amines is 1. The van der Waals surface area contributed by atoms with Gasteiger partial charge in [-0.2, -0.15) is 4.52 Å². The molecule has 1 N–H and O–H groups in total. The number of aromatic nitrogens is 7. The second-order valence-corrected chi connectivity index (χ2v) is 8.81. The Morgan fingerprint density at radius 3 is 2.69 bits per heavy atom. The molecule has 1 fully saturated rings. The summed E-state index contributed by atoms with van der Waals surface area (Å²) in [7, 11) is 2.09. The fourth-order valence-electron chi connectivity index (χ4n) is 3.80. The minimum Gasteiger partial charge on any atom is -0.354 e. The summed E-state index contributed by atoms with van der Waals surface area (Å²) in [6, 6.07) is 6.41. The first-order valence-electron chi connectivity index (χ1n) is 9.82. The summed E-state index contributed by atoms with van der Waals surface area (Å²) in [5, 5.41) is 13.4. The van der Waals surface area contributed by atoms with Crippen molar-refractivity contribution in [2.24, 2.45) is 0 Å². The van der Waals surface area contributed by atoms with Crippen LogP contribution in [0.25, 0.3) is 16.7 Å². The van der Waals surface area contributed by atoms with Gasteiger partial charge in [0.15, 0.2) is 17.3 Å². The summed E-state index contributed by atoms with van der Waals surface area (Å²) >= 11 is 0. The predicted octanol–water partition coefficient (Wildman–Crippen LogP) is 2.33. The highest BCUT2D eigenvalue weighted by Gasteiger charge is 2.33. The van der Waals surface area contributed by atoms with Crippen molar-refractivity contribution in [3.8, 4) is 0 Å². The van der Waals surface area contributed by atoms with E-state index >= 15 is 0 Å². The fourth-order valence-corrected chi connectivity index (χ4v) is 3.80. The maximum atomic E-state index is 4.81. The van der Waals surface area contributed by atoms with E-state index in [1.807, 2.05) is 29.6 Å². The molecule has 4 aromatic rings. The lowest BCUT2D eigenvalue weighted by atomic mass is 9.96. The first-order valence-corrected chi connectivity index (χ1v) is 9.82. The molecule has 0 radical (unpaired) electrons. The Morgan fingerprint density at radius 1 is 1.14 bits per heavy atom. The van der Waals surface area contributed by atoms with E-state index in [9.17, 15) is 0 Å². The number of likely N-dealkylation sites (N-methyl/N-ethyl adjacent to an activating group) is 1. The number of H-pyrrole nitrogens is 1. The van der Waals surface area contributed by atoms with E-state index in [1.165, 1.54) is 0 Å². The molecule has 4 aromatic heterocycles. The molecule has 0 saturated carbocycles. The van der Waals surface area contributed by atoms with Gasteiger partial charge in [-0.1, -0.05) is 20.8 Å². The Kier molecular flexibility index (Phi) is 3.77. The van der Waals surface area contributed by atoms with Crippen LogP contribution in [0, 0.1) is 6.92 Å². The first kappa shape index (κ1) is 17.8. The zero-order valence-electron chi connectivity index (χ0n) is 17.4. The smallest absolute Gasteiger partial charge is 0.178 e. The van der Waals surface area contributed by atoms with Crippen LogP contribution in [0.5, 0.6) is 0 Å². The number of aryl methyl sites for hydroxylation is 1. The Bertz CT molecular complexity index is 1190. The van der Waals surface area contributed by atoms with Crippen LogP contribution in [-0.4, -0.2) is 60.9 Å². The van der Waals surface area contributed by atoms with Gasteiger partial charge in [-0.05, 0) is 25.1 Å². The maximum Gasteiger partial charge on any atom is 0.178 e. The number of hydrogen-bond donors (Lipinski definition) is 1. The summed E-state index contributed by atoms with van der Waals surface area (Å²) in [5.41, 5.74) is 3.69. The quantitative estimate of drug-likeness (QED) is 0.573. The number of hydrogen-bond acceptors (Lipinski definition) is 7. The van der Waals surface area contributed by atoms with Crippen LogP contribution in [0.2, 0.25) is 0 Å². The van der Waals surface area contributed by atoms with Crippen molar-refractivity contribution in [1.29, 1.82) is 0 Å². The molecule has 9 heteroatoms. The molecule has 29 heavy (non-hydrogen) atoms. The van der Waals surface area contributed by atoms with Crippen molar-refractivity contribution in [3.05, 3.63) is 36.0 Å². The zero-order chi connectivity index (χ0) is 20.3. The third-order valence-corrected chi connectivity index (χ3v) is 5.52. The largest absolute Gasteiger partial charge is 0.354 e. The van der Waals surface area contributed by atoms with Crippen molar-refractivity contribution in [2.45, 2.75) is 39.2 Å². The van der Waals surface area contributed by atoms with Crippen LogP contribution in [0.1, 0.15) is 32.3 Å². The molecule has 1 aliphatic heterocycles. The summed E-state index contributed by atoms with van der Waals surface area (Å²) in [5.74, 6) is 2.75. The Hall–Kier alpha value is -3.23. The van der Waals surface area contributed by atoms with E-state index in [0.717, 1.165) is 52.9 Å². The highest BCUT2D eigenvalue weighted by atomic mass is 15.4. The van der Waals surface area contributed by atoms with Crippen LogP contribution in [0.3, 0.4) is 0 Å². The summed E-state index contributed by atoms with van der Waals surface area (Å²) < 4.78 is 1.86. The minimum absolute atomic E-state index is 0.116. The third kappa shape index (κ3) is 2.88. The molecular formula is C20H25N9. The van der Waals surface area contributed by atoms with Gasteiger partial charge in [0.25, 0.3) is 0 Å². The fraction of sp³-hybridized carbons (Fsp3) is 0.450. The second kappa shape index (κ2) is 6.13. The molecule has 5 rings (SSSR count). The van der Waals surface area contributed by atoms with E-state index < -0.39 is 0 Å². The van der Waals surface area contributed by atoms with Crippen LogP contribution in [0.15, 0.2) is 24.5 Å². The summed E-state index contributed by atoms with van der Waals surface area (Å²) in [6.07, 6.45) is 1.63. The zero-order valence-corrected chi connectivity index (χ0v) is 17.4. The lowest BCUT2D eigenvalue weighted by molar-refractivity contribution is 0.483. The van der Waals surface area contributed by atoms with Crippen molar-refractivity contribution in [1.82, 2.24) is 34.8 Å². The van der Waals surface area contributed by atoms with Gasteiger partial charge in [-0.3, -0.25) is 0 Å². The van der Waals surface area contributed by atoms with Gasteiger partial charge in [0.05, 0.1) is 11.6 Å². The number of fused-ring (bicyclic) bond motifs is 2. The Morgan fingerprint density at radius 2 is 1.93 bits per heavy atom. The molecule has 0 bridgehead atoms. The summed E-state index contributed by atoms with van der Waals surface area (Å²) in [4.78, 5) is 16.8. The van der Waals surface area contributed by atoms with Crippen molar-refractivity contribution in [2.75, 3.05) is 29.9 Å². The average molecular weight is 391 g/mol.